The second-order valence-corrected chi connectivity index (χ2v) is 5.92. The van der Waals surface area contributed by atoms with Crippen molar-refractivity contribution < 1.29 is 4.39 Å². The smallest absolute Gasteiger partial charge is 0.125 e. The van der Waals surface area contributed by atoms with Crippen LogP contribution < -0.4 is 5.32 Å². The number of hydrogen-bond acceptors (Lipinski definition) is 2. The first-order valence-corrected chi connectivity index (χ1v) is 7.32. The summed E-state index contributed by atoms with van der Waals surface area (Å²) in [7, 11) is 0. The van der Waals surface area contributed by atoms with Gasteiger partial charge in [-0.2, -0.15) is 0 Å². The molecular formula is C16H25FN2. The van der Waals surface area contributed by atoms with Gasteiger partial charge in [-0.1, -0.05) is 0 Å². The zero-order valence-corrected chi connectivity index (χ0v) is 12.2. The Bertz CT molecular complexity index is 397. The highest BCUT2D eigenvalue weighted by Crippen LogP contribution is 2.20. The lowest BCUT2D eigenvalue weighted by molar-refractivity contribution is 0.230. The first kappa shape index (κ1) is 14.3. The van der Waals surface area contributed by atoms with Gasteiger partial charge < -0.3 is 10.2 Å². The van der Waals surface area contributed by atoms with E-state index < -0.39 is 0 Å². The van der Waals surface area contributed by atoms with Crippen LogP contribution in [-0.2, 0) is 0 Å². The van der Waals surface area contributed by atoms with Gasteiger partial charge in [0, 0.05) is 24.3 Å². The highest BCUT2D eigenvalue weighted by molar-refractivity contribution is 5.46. The second-order valence-electron chi connectivity index (χ2n) is 5.92. The summed E-state index contributed by atoms with van der Waals surface area (Å²) in [6.45, 7) is 8.75. The fraction of sp³-hybridized carbons (Fsp3) is 0.625. The van der Waals surface area contributed by atoms with Gasteiger partial charge in [-0.15, -0.1) is 0 Å². The lowest BCUT2D eigenvalue weighted by atomic mass is 10.1. The molecule has 1 heterocycles. The van der Waals surface area contributed by atoms with E-state index in [1.165, 1.54) is 19.4 Å². The van der Waals surface area contributed by atoms with Crippen LogP contribution in [0.15, 0.2) is 18.2 Å². The Kier molecular flexibility index (Phi) is 4.81. The molecule has 0 bridgehead atoms. The van der Waals surface area contributed by atoms with Crippen molar-refractivity contribution in [2.75, 3.05) is 18.4 Å². The average molecular weight is 264 g/mol. The summed E-state index contributed by atoms with van der Waals surface area (Å²) in [5.74, 6) is -0.153. The third-order valence-corrected chi connectivity index (χ3v) is 3.91. The molecule has 2 rings (SSSR count). The molecule has 106 valence electrons. The number of halogens is 1. The minimum atomic E-state index is -0.153. The van der Waals surface area contributed by atoms with Crippen LogP contribution in [0.2, 0.25) is 0 Å². The maximum Gasteiger partial charge on any atom is 0.125 e. The molecule has 0 radical (unpaired) electrons. The number of hydrogen-bond donors (Lipinski definition) is 1. The Hall–Kier alpha value is -1.09. The van der Waals surface area contributed by atoms with E-state index in [4.69, 9.17) is 0 Å². The number of rotatable bonds is 3. The van der Waals surface area contributed by atoms with Gasteiger partial charge >= 0.3 is 0 Å². The van der Waals surface area contributed by atoms with Crippen LogP contribution in [0.4, 0.5) is 10.1 Å². The van der Waals surface area contributed by atoms with Crippen LogP contribution in [0.5, 0.6) is 0 Å². The van der Waals surface area contributed by atoms with E-state index >= 15 is 0 Å². The number of nitrogens with one attached hydrogen (secondary N) is 1. The largest absolute Gasteiger partial charge is 0.382 e. The van der Waals surface area contributed by atoms with Crippen molar-refractivity contribution in [2.45, 2.75) is 52.1 Å². The lowest BCUT2D eigenvalue weighted by Gasteiger charge is -2.24. The zero-order chi connectivity index (χ0) is 13.8. The molecule has 0 aliphatic carbocycles. The van der Waals surface area contributed by atoms with E-state index in [-0.39, 0.29) is 5.82 Å². The Morgan fingerprint density at radius 3 is 2.68 bits per heavy atom. The van der Waals surface area contributed by atoms with Crippen LogP contribution in [0.25, 0.3) is 0 Å². The molecule has 0 saturated carbocycles. The molecule has 3 heteroatoms. The fourth-order valence-electron chi connectivity index (χ4n) is 2.83. The Morgan fingerprint density at radius 2 is 2.00 bits per heavy atom. The Balaban J connectivity index is 1.95. The molecule has 1 unspecified atom stereocenters. The SMILES string of the molecule is Cc1cc(F)cc(NC2CCCN(C(C)C)CC2)c1. The molecule has 0 amide bonds. The molecule has 1 aliphatic rings. The first-order valence-electron chi connectivity index (χ1n) is 7.32. The number of likely N-dealkylation sites (tertiary alicyclic amines) is 1. The van der Waals surface area contributed by atoms with Gasteiger partial charge in [0.05, 0.1) is 0 Å². The average Bonchev–Trinajstić information content (AvgIpc) is 2.53. The van der Waals surface area contributed by atoms with E-state index in [9.17, 15) is 4.39 Å². The maximum atomic E-state index is 13.4. The fourth-order valence-corrected chi connectivity index (χ4v) is 2.83. The molecule has 1 aliphatic heterocycles. The van der Waals surface area contributed by atoms with E-state index in [2.05, 4.69) is 24.1 Å². The third-order valence-electron chi connectivity index (χ3n) is 3.91. The van der Waals surface area contributed by atoms with Crippen molar-refractivity contribution in [1.82, 2.24) is 4.90 Å². The molecule has 2 nitrogen and oxygen atoms in total. The highest BCUT2D eigenvalue weighted by atomic mass is 19.1. The van der Waals surface area contributed by atoms with Crippen molar-refractivity contribution in [3.63, 3.8) is 0 Å². The molecule has 1 N–H and O–H groups in total. The summed E-state index contributed by atoms with van der Waals surface area (Å²) in [6, 6.07) is 6.27. The van der Waals surface area contributed by atoms with Crippen molar-refractivity contribution in [3.05, 3.63) is 29.6 Å². The monoisotopic (exact) mass is 264 g/mol. The van der Waals surface area contributed by atoms with Crippen LogP contribution in [0, 0.1) is 12.7 Å². The number of nitrogens with zero attached hydrogens (tertiary/aromatic N) is 1. The number of anilines is 1. The summed E-state index contributed by atoms with van der Waals surface area (Å²) in [5, 5.41) is 3.50. The molecule has 1 saturated heterocycles. The Morgan fingerprint density at radius 1 is 1.21 bits per heavy atom. The molecular weight excluding hydrogens is 239 g/mol. The van der Waals surface area contributed by atoms with Crippen molar-refractivity contribution >= 4 is 5.69 Å². The van der Waals surface area contributed by atoms with Crippen LogP contribution in [-0.4, -0.2) is 30.1 Å². The predicted molar refractivity (Wildman–Crippen MR) is 79.1 cm³/mol. The van der Waals surface area contributed by atoms with Gasteiger partial charge in [0.2, 0.25) is 0 Å². The first-order chi connectivity index (χ1) is 9.04. The van der Waals surface area contributed by atoms with Crippen molar-refractivity contribution in [2.24, 2.45) is 0 Å². The molecule has 1 aromatic rings. The van der Waals surface area contributed by atoms with Crippen LogP contribution in [0.1, 0.15) is 38.7 Å². The van der Waals surface area contributed by atoms with E-state index in [1.54, 1.807) is 12.1 Å². The Labute approximate surface area is 116 Å². The van der Waals surface area contributed by atoms with Gasteiger partial charge in [0.25, 0.3) is 0 Å². The minimum absolute atomic E-state index is 0.153. The van der Waals surface area contributed by atoms with E-state index in [1.807, 2.05) is 13.0 Å². The zero-order valence-electron chi connectivity index (χ0n) is 12.2. The maximum absolute atomic E-state index is 13.4. The van der Waals surface area contributed by atoms with Gasteiger partial charge in [0.15, 0.2) is 0 Å². The van der Waals surface area contributed by atoms with Crippen LogP contribution >= 0.6 is 0 Å². The van der Waals surface area contributed by atoms with Gasteiger partial charge in [-0.25, -0.2) is 4.39 Å². The molecule has 19 heavy (non-hydrogen) atoms. The topological polar surface area (TPSA) is 15.3 Å². The molecule has 1 fully saturated rings. The van der Waals surface area contributed by atoms with E-state index in [0.717, 1.165) is 24.2 Å². The predicted octanol–water partition coefficient (Wildman–Crippen LogP) is 3.81. The van der Waals surface area contributed by atoms with Crippen LogP contribution in [0.3, 0.4) is 0 Å². The van der Waals surface area contributed by atoms with Gasteiger partial charge in [0.1, 0.15) is 5.82 Å². The summed E-state index contributed by atoms with van der Waals surface area (Å²) in [5.41, 5.74) is 1.89. The highest BCUT2D eigenvalue weighted by Gasteiger charge is 2.18. The third kappa shape index (κ3) is 4.20. The number of aryl methyl sites for hydroxylation is 1. The second kappa shape index (κ2) is 6.38. The molecule has 0 aromatic heterocycles. The standard InChI is InChI=1S/C16H25FN2/c1-12(2)19-7-4-5-15(6-8-19)18-16-10-13(3)9-14(17)11-16/h9-12,15,18H,4-8H2,1-3H3. The van der Waals surface area contributed by atoms with Crippen molar-refractivity contribution in [3.8, 4) is 0 Å². The molecule has 0 spiro atoms. The summed E-state index contributed by atoms with van der Waals surface area (Å²) >= 11 is 0. The quantitative estimate of drug-likeness (QED) is 0.893. The normalized spacial score (nSPS) is 21.4. The van der Waals surface area contributed by atoms with Gasteiger partial charge in [-0.3, -0.25) is 0 Å². The summed E-state index contributed by atoms with van der Waals surface area (Å²) in [6.07, 6.45) is 3.51. The lowest BCUT2D eigenvalue weighted by Crippen LogP contribution is -2.32. The van der Waals surface area contributed by atoms with E-state index in [0.29, 0.717) is 12.1 Å². The summed E-state index contributed by atoms with van der Waals surface area (Å²) in [4.78, 5) is 2.53. The van der Waals surface area contributed by atoms with Gasteiger partial charge in [-0.05, 0) is 70.3 Å². The molecule has 1 aromatic carbocycles. The van der Waals surface area contributed by atoms with Crippen molar-refractivity contribution in [1.29, 1.82) is 0 Å². The molecule has 1 atom stereocenters. The summed E-state index contributed by atoms with van der Waals surface area (Å²) < 4.78 is 13.4. The number of benzene rings is 1. The minimum Gasteiger partial charge on any atom is -0.382 e.